The standard InChI is InChI=1S/C19H23ClN2/c1-13-17-10-15(20)12-22(16-7-8-16)19(17)11-21-18(13)9-14-5-3-2-4-6-14/h2-6,10,13,16,18,21H,7-9,11-12H2,1H3. The SMILES string of the molecule is CC1C2=C(CNC1Cc1ccccc1)N(C1CC1)CC(Cl)=C2. The van der Waals surface area contributed by atoms with Gasteiger partial charge in [-0.15, -0.1) is 0 Å². The Kier molecular flexibility index (Phi) is 3.75. The van der Waals surface area contributed by atoms with E-state index in [0.717, 1.165) is 30.6 Å². The topological polar surface area (TPSA) is 15.3 Å². The molecule has 1 N–H and O–H groups in total. The molecule has 0 bridgehead atoms. The molecule has 0 radical (unpaired) electrons. The maximum Gasteiger partial charge on any atom is 0.0537 e. The van der Waals surface area contributed by atoms with Crippen LogP contribution in [0.4, 0.5) is 0 Å². The largest absolute Gasteiger partial charge is 0.365 e. The number of nitrogens with one attached hydrogen (secondary N) is 1. The number of hydrogen-bond acceptors (Lipinski definition) is 2. The van der Waals surface area contributed by atoms with Gasteiger partial charge in [0, 0.05) is 29.4 Å². The molecule has 3 aliphatic rings. The van der Waals surface area contributed by atoms with Gasteiger partial charge < -0.3 is 10.2 Å². The van der Waals surface area contributed by atoms with Crippen molar-refractivity contribution < 1.29 is 0 Å². The molecule has 2 atom stereocenters. The predicted molar refractivity (Wildman–Crippen MR) is 91.8 cm³/mol. The van der Waals surface area contributed by atoms with E-state index in [9.17, 15) is 0 Å². The second kappa shape index (κ2) is 5.75. The highest BCUT2D eigenvalue weighted by molar-refractivity contribution is 6.30. The van der Waals surface area contributed by atoms with Gasteiger partial charge in [0.15, 0.2) is 0 Å². The minimum Gasteiger partial charge on any atom is -0.365 e. The summed E-state index contributed by atoms with van der Waals surface area (Å²) in [5, 5.41) is 4.77. The molecule has 116 valence electrons. The minimum absolute atomic E-state index is 0.487. The summed E-state index contributed by atoms with van der Waals surface area (Å²) in [7, 11) is 0. The lowest BCUT2D eigenvalue weighted by molar-refractivity contribution is 0.297. The van der Waals surface area contributed by atoms with Crippen molar-refractivity contribution >= 4 is 11.6 Å². The minimum atomic E-state index is 0.487. The summed E-state index contributed by atoms with van der Waals surface area (Å²) in [6.45, 7) is 4.23. The van der Waals surface area contributed by atoms with Crippen molar-refractivity contribution in [3.63, 3.8) is 0 Å². The molecule has 1 fully saturated rings. The van der Waals surface area contributed by atoms with Crippen LogP contribution in [0, 0.1) is 5.92 Å². The zero-order valence-electron chi connectivity index (χ0n) is 13.1. The van der Waals surface area contributed by atoms with Gasteiger partial charge in [-0.3, -0.25) is 0 Å². The van der Waals surface area contributed by atoms with Gasteiger partial charge in [-0.1, -0.05) is 48.9 Å². The monoisotopic (exact) mass is 314 g/mol. The normalized spacial score (nSPS) is 28.5. The first-order valence-electron chi connectivity index (χ1n) is 8.35. The molecule has 2 unspecified atom stereocenters. The van der Waals surface area contributed by atoms with Gasteiger partial charge in [0.05, 0.1) is 6.54 Å². The summed E-state index contributed by atoms with van der Waals surface area (Å²) in [5.41, 5.74) is 4.35. The van der Waals surface area contributed by atoms with Crippen LogP contribution in [0.5, 0.6) is 0 Å². The van der Waals surface area contributed by atoms with Crippen LogP contribution in [-0.4, -0.2) is 30.1 Å². The van der Waals surface area contributed by atoms with Crippen molar-refractivity contribution in [2.45, 2.75) is 38.3 Å². The predicted octanol–water partition coefficient (Wildman–Crippen LogP) is 3.69. The molecule has 0 saturated heterocycles. The average Bonchev–Trinajstić information content (AvgIpc) is 3.36. The molecular formula is C19H23ClN2. The first-order valence-corrected chi connectivity index (χ1v) is 8.73. The Hall–Kier alpha value is -1.25. The lowest BCUT2D eigenvalue weighted by Crippen LogP contribution is -2.48. The molecule has 0 amide bonds. The van der Waals surface area contributed by atoms with E-state index in [2.05, 4.69) is 53.5 Å². The van der Waals surface area contributed by atoms with E-state index in [4.69, 9.17) is 11.6 Å². The highest BCUT2D eigenvalue weighted by Gasteiger charge is 2.37. The molecular weight excluding hydrogens is 292 g/mol. The number of hydrogen-bond donors (Lipinski definition) is 1. The van der Waals surface area contributed by atoms with Gasteiger partial charge in [-0.2, -0.15) is 0 Å². The molecule has 1 saturated carbocycles. The molecule has 2 nitrogen and oxygen atoms in total. The van der Waals surface area contributed by atoms with E-state index in [-0.39, 0.29) is 0 Å². The fourth-order valence-corrected chi connectivity index (χ4v) is 4.04. The number of rotatable bonds is 3. The van der Waals surface area contributed by atoms with Crippen molar-refractivity contribution in [1.82, 2.24) is 10.2 Å². The van der Waals surface area contributed by atoms with Gasteiger partial charge in [0.1, 0.15) is 0 Å². The molecule has 1 aromatic carbocycles. The van der Waals surface area contributed by atoms with Crippen LogP contribution in [0.1, 0.15) is 25.3 Å². The third kappa shape index (κ3) is 2.70. The molecule has 2 heterocycles. The zero-order valence-corrected chi connectivity index (χ0v) is 13.8. The molecule has 2 aliphatic heterocycles. The third-order valence-corrected chi connectivity index (χ3v) is 5.45. The van der Waals surface area contributed by atoms with E-state index >= 15 is 0 Å². The average molecular weight is 315 g/mol. The van der Waals surface area contributed by atoms with Gasteiger partial charge in [-0.05, 0) is 42.4 Å². The van der Waals surface area contributed by atoms with Crippen LogP contribution in [-0.2, 0) is 6.42 Å². The van der Waals surface area contributed by atoms with E-state index in [1.165, 1.54) is 29.7 Å². The van der Waals surface area contributed by atoms with E-state index in [1.54, 1.807) is 0 Å². The highest BCUT2D eigenvalue weighted by atomic mass is 35.5. The summed E-state index contributed by atoms with van der Waals surface area (Å²) in [6, 6.07) is 12.0. The van der Waals surface area contributed by atoms with Crippen molar-refractivity contribution in [1.29, 1.82) is 0 Å². The van der Waals surface area contributed by atoms with Crippen LogP contribution < -0.4 is 5.32 Å². The van der Waals surface area contributed by atoms with Crippen molar-refractivity contribution in [2.75, 3.05) is 13.1 Å². The van der Waals surface area contributed by atoms with Gasteiger partial charge in [-0.25, -0.2) is 0 Å². The maximum atomic E-state index is 6.44. The summed E-state index contributed by atoms with van der Waals surface area (Å²) in [4.78, 5) is 2.54. The van der Waals surface area contributed by atoms with E-state index < -0.39 is 0 Å². The lowest BCUT2D eigenvalue weighted by atomic mass is 9.83. The third-order valence-electron chi connectivity index (χ3n) is 5.23. The first kappa shape index (κ1) is 14.3. The van der Waals surface area contributed by atoms with Crippen LogP contribution in [0.3, 0.4) is 0 Å². The molecule has 1 aliphatic carbocycles. The number of nitrogens with zero attached hydrogens (tertiary/aromatic N) is 1. The highest BCUT2D eigenvalue weighted by Crippen LogP contribution is 2.39. The summed E-state index contributed by atoms with van der Waals surface area (Å²) in [6.07, 6.45) is 5.96. The Morgan fingerprint density at radius 2 is 2.00 bits per heavy atom. The molecule has 3 heteroatoms. The van der Waals surface area contributed by atoms with Crippen molar-refractivity contribution in [3.05, 3.63) is 58.3 Å². The first-order chi connectivity index (χ1) is 10.7. The number of allylic oxidation sites excluding steroid dienone is 1. The van der Waals surface area contributed by atoms with E-state index in [0.29, 0.717) is 12.0 Å². The van der Waals surface area contributed by atoms with Crippen molar-refractivity contribution in [3.8, 4) is 0 Å². The lowest BCUT2D eigenvalue weighted by Gasteiger charge is -2.41. The summed E-state index contributed by atoms with van der Waals surface area (Å²) >= 11 is 6.44. The molecule has 22 heavy (non-hydrogen) atoms. The Labute approximate surface area is 137 Å². The molecule has 0 aromatic heterocycles. The van der Waals surface area contributed by atoms with Crippen LogP contribution in [0.2, 0.25) is 0 Å². The zero-order chi connectivity index (χ0) is 15.1. The van der Waals surface area contributed by atoms with Gasteiger partial charge in [0.2, 0.25) is 0 Å². The quantitative estimate of drug-likeness (QED) is 0.915. The Bertz CT molecular complexity index is 616. The van der Waals surface area contributed by atoms with Gasteiger partial charge in [0.25, 0.3) is 0 Å². The number of benzene rings is 1. The fraction of sp³-hybridized carbons (Fsp3) is 0.474. The maximum absolute atomic E-state index is 6.44. The second-order valence-corrected chi connectivity index (χ2v) is 7.30. The molecule has 4 rings (SSSR count). The fourth-order valence-electron chi connectivity index (χ4n) is 3.79. The Balaban J connectivity index is 1.58. The Morgan fingerprint density at radius 1 is 1.23 bits per heavy atom. The van der Waals surface area contributed by atoms with Crippen molar-refractivity contribution in [2.24, 2.45) is 5.92 Å². The Morgan fingerprint density at radius 3 is 2.73 bits per heavy atom. The van der Waals surface area contributed by atoms with E-state index in [1.807, 2.05) is 0 Å². The molecule has 1 aromatic rings. The number of halogens is 1. The van der Waals surface area contributed by atoms with Gasteiger partial charge >= 0.3 is 0 Å². The smallest absolute Gasteiger partial charge is 0.0537 e. The summed E-state index contributed by atoms with van der Waals surface area (Å²) < 4.78 is 0. The summed E-state index contributed by atoms with van der Waals surface area (Å²) in [5.74, 6) is 0.499. The van der Waals surface area contributed by atoms with Crippen LogP contribution >= 0.6 is 11.6 Å². The molecule has 0 spiro atoms. The van der Waals surface area contributed by atoms with Crippen LogP contribution in [0.15, 0.2) is 52.7 Å². The second-order valence-electron chi connectivity index (χ2n) is 6.82. The van der Waals surface area contributed by atoms with Crippen LogP contribution in [0.25, 0.3) is 0 Å².